The van der Waals surface area contributed by atoms with Crippen LogP contribution >= 0.6 is 0 Å². The molecule has 8 saturated carbocycles. The number of fused-ring (bicyclic) bond motifs is 16. The highest BCUT2D eigenvalue weighted by Gasteiger charge is 2.42. The molecule has 129 heavy (non-hydrogen) atoms. The Morgan fingerprint density at radius 3 is 0.899 bits per heavy atom. The Morgan fingerprint density at radius 2 is 0.527 bits per heavy atom. The second kappa shape index (κ2) is 52.5. The third-order valence-corrected chi connectivity index (χ3v) is 33.9. The molecule has 0 aliphatic heterocycles. The van der Waals surface area contributed by atoms with Crippen molar-refractivity contribution in [3.8, 4) is 33.8 Å². The third kappa shape index (κ3) is 29.9. The number of allylic oxidation sites excluding steroid dienone is 15. The Kier molecular flexibility index (Phi) is 39.2. The molecule has 0 aromatic heterocycles. The van der Waals surface area contributed by atoms with E-state index in [-0.39, 0.29) is 0 Å². The molecule has 0 saturated heterocycles. The van der Waals surface area contributed by atoms with E-state index in [2.05, 4.69) is 283 Å². The van der Waals surface area contributed by atoms with Crippen molar-refractivity contribution in [2.24, 2.45) is 136 Å². The zero-order valence-electron chi connectivity index (χ0n) is 81.0. The number of hydrogen-bond acceptors (Lipinski definition) is 3. The lowest BCUT2D eigenvalue weighted by Crippen LogP contribution is -2.17. The summed E-state index contributed by atoms with van der Waals surface area (Å²) in [5.41, 5.74) is 7.70. The number of para-hydroxylation sites is 1. The van der Waals surface area contributed by atoms with E-state index in [1.807, 2.05) is 12.1 Å². The van der Waals surface area contributed by atoms with Gasteiger partial charge in [0.05, 0.1) is 25.9 Å². The topological polar surface area (TPSA) is 27.7 Å². The molecule has 8 fully saturated rings. The van der Waals surface area contributed by atoms with Crippen molar-refractivity contribution >= 4 is 0 Å². The molecular weight excluding hydrogens is 1560 g/mol. The Labute approximate surface area is 786 Å². The van der Waals surface area contributed by atoms with E-state index in [4.69, 9.17) is 14.2 Å². The van der Waals surface area contributed by atoms with Gasteiger partial charge in [0.2, 0.25) is 0 Å². The van der Waals surface area contributed by atoms with Crippen molar-refractivity contribution < 1.29 is 14.2 Å². The lowest BCUT2D eigenvalue weighted by Gasteiger charge is -2.19. The van der Waals surface area contributed by atoms with Crippen LogP contribution in [0.3, 0.4) is 0 Å². The zero-order valence-corrected chi connectivity index (χ0v) is 81.0. The van der Waals surface area contributed by atoms with Crippen LogP contribution in [0.1, 0.15) is 308 Å². The Morgan fingerprint density at radius 1 is 0.225 bits per heavy atom. The maximum Gasteiger partial charge on any atom is 0.127 e. The van der Waals surface area contributed by atoms with Gasteiger partial charge in [-0.15, -0.1) is 0 Å². The van der Waals surface area contributed by atoms with Crippen LogP contribution in [-0.2, 0) is 17.8 Å². The number of unbranched alkanes of at least 4 members (excludes halogenated alkanes) is 16. The van der Waals surface area contributed by atoms with Gasteiger partial charge in [0, 0.05) is 11.5 Å². The lowest BCUT2D eigenvalue weighted by atomic mass is 9.88. The van der Waals surface area contributed by atoms with Crippen LogP contribution in [0.25, 0.3) is 22.3 Å². The normalized spacial score (nSPS) is 31.0. The monoisotopic (exact) mass is 1730 g/mol. The fraction of sp³-hybridized carbons (Fsp3) is 0.587. The summed E-state index contributed by atoms with van der Waals surface area (Å²) in [5, 5.41) is 0. The van der Waals surface area contributed by atoms with Gasteiger partial charge < -0.3 is 14.2 Å². The minimum Gasteiger partial charge on any atom is -0.494 e. The third-order valence-electron chi connectivity index (χ3n) is 33.9. The summed E-state index contributed by atoms with van der Waals surface area (Å²) in [6.07, 6.45) is 101. The summed E-state index contributed by atoms with van der Waals surface area (Å²) in [6.45, 7) is 11.6. The summed E-state index contributed by atoms with van der Waals surface area (Å²) in [7, 11) is 0. The molecule has 0 heterocycles. The van der Waals surface area contributed by atoms with Crippen molar-refractivity contribution in [2.75, 3.05) is 13.2 Å². The minimum atomic E-state index is 0.472. The van der Waals surface area contributed by atoms with Crippen molar-refractivity contribution in [1.29, 1.82) is 0 Å². The van der Waals surface area contributed by atoms with E-state index in [0.717, 1.165) is 162 Å². The fourth-order valence-electron chi connectivity index (χ4n) is 26.6. The summed E-state index contributed by atoms with van der Waals surface area (Å²) in [5.74, 6) is 23.3. The number of hydrogen-bond donors (Lipinski definition) is 0. The molecule has 3 nitrogen and oxygen atoms in total. The highest BCUT2D eigenvalue weighted by molar-refractivity contribution is 5.70. The largest absolute Gasteiger partial charge is 0.494 e. The second-order valence-corrected chi connectivity index (χ2v) is 43.4. The molecule has 16 aliphatic carbocycles. The van der Waals surface area contributed by atoms with Crippen LogP contribution in [0.5, 0.6) is 11.5 Å². The van der Waals surface area contributed by atoms with Crippen LogP contribution in [0.4, 0.5) is 0 Å². The van der Waals surface area contributed by atoms with Crippen LogP contribution in [0, 0.1) is 136 Å². The molecule has 0 spiro atoms. The molecular formula is C126H172O3. The zero-order chi connectivity index (χ0) is 88.2. The van der Waals surface area contributed by atoms with E-state index in [0.29, 0.717) is 12.0 Å². The maximum atomic E-state index is 6.14. The predicted octanol–water partition coefficient (Wildman–Crippen LogP) is 35.5. The SMILES string of the molecule is C1=CC2CC1CC2CCOc1ccc(-c2ccccc2)cc1.C1=CC2CC1CC2CCOc1ccccc1-c1ccccc1.C1=CC2CC1CC2Cc1ccccc1.C1=CC2CC1CC2OCc1ccccc1.CCCCC1CC2C=CC1C2.CCCCCCC1CC2C=CC1C2.CCCCCCCCC1CC2C=CC1C2.CCCCCCCCCCC1CC2C=CC1C2. The van der Waals surface area contributed by atoms with Gasteiger partial charge in [0.1, 0.15) is 11.5 Å². The molecule has 16 aliphatic rings. The first kappa shape index (κ1) is 96.4. The summed E-state index contributed by atoms with van der Waals surface area (Å²) >= 11 is 0. The molecule has 22 rings (SSSR count). The molecule has 24 unspecified atom stereocenters. The van der Waals surface area contributed by atoms with Crippen LogP contribution < -0.4 is 9.47 Å². The van der Waals surface area contributed by atoms with Crippen molar-refractivity contribution in [2.45, 2.75) is 317 Å². The first-order valence-electron chi connectivity index (χ1n) is 54.4. The highest BCUT2D eigenvalue weighted by Crippen LogP contribution is 2.52. The summed E-state index contributed by atoms with van der Waals surface area (Å²) < 4.78 is 18.1. The molecule has 0 amide bonds. The van der Waals surface area contributed by atoms with Crippen molar-refractivity contribution in [3.63, 3.8) is 0 Å². The van der Waals surface area contributed by atoms with E-state index in [1.54, 1.807) is 0 Å². The maximum absolute atomic E-state index is 6.14. The molecule has 6 aromatic carbocycles. The number of rotatable bonds is 39. The Hall–Kier alpha value is -7.20. The standard InChI is InChI=1S/2C21H22O.C17H30.C15H26.C14H16O.C14H16.C13H22.C11H18/c1-2-6-17(7-3-1)20-8-4-5-9-21(20)22-13-12-19-15-16-10-11-18(19)14-16;1-2-4-17(5-3-1)18-8-10-21(11-9-18)22-13-12-20-15-16-6-7-19(20)14-16;1-2-3-4-5-6-7-8-9-10-16-13-15-11-12-17(16)14-15;1-2-3-4-5-6-7-8-14-11-13-9-10-15(14)12-13;1-2-4-11(5-3-1)10-15-14-9-12-6-7-13(14)8-12;1-2-4-11(5-3-1)8-14-10-12-6-7-13(14)9-12;1-2-3-4-5-6-12-9-11-7-8-13(12)10-11;1-2-3-4-10-7-9-5-6-11(10)8-9/h1-11,16,18-19H,12-15H2;1-11,16,19-20H,12-15H2;11-12,15-17H,2-10,13-14H2,1H3;9-10,13-15H,2-8,11-12H2,1H3;1-7,12-14H,8-10H2;1-7,12-14H,8-10H2;7-8,11-13H,2-6,9-10H2,1H3;5-6,9-11H,2-4,7-8H2,1H3. The second-order valence-electron chi connectivity index (χ2n) is 43.4. The van der Waals surface area contributed by atoms with Crippen LogP contribution in [-0.4, -0.2) is 19.3 Å². The van der Waals surface area contributed by atoms with E-state index in [1.165, 1.54) is 309 Å². The minimum absolute atomic E-state index is 0.472. The van der Waals surface area contributed by atoms with Gasteiger partial charge in [-0.1, -0.05) is 405 Å². The van der Waals surface area contributed by atoms with Gasteiger partial charge in [0.15, 0.2) is 0 Å². The van der Waals surface area contributed by atoms with E-state index < -0.39 is 0 Å². The summed E-state index contributed by atoms with van der Waals surface area (Å²) in [6, 6.07) is 59.1. The average Bonchev–Trinajstić information content (AvgIpc) is 1.53. The highest BCUT2D eigenvalue weighted by atomic mass is 16.5. The van der Waals surface area contributed by atoms with Crippen LogP contribution in [0.2, 0.25) is 0 Å². The molecule has 3 heteroatoms. The van der Waals surface area contributed by atoms with Crippen LogP contribution in [0.15, 0.2) is 267 Å². The molecule has 0 radical (unpaired) electrons. The molecule has 0 N–H and O–H groups in total. The fourth-order valence-corrected chi connectivity index (χ4v) is 26.6. The number of ether oxygens (including phenoxy) is 3. The number of benzene rings is 6. The lowest BCUT2D eigenvalue weighted by molar-refractivity contribution is 0.0245. The van der Waals surface area contributed by atoms with Crippen molar-refractivity contribution in [3.05, 3.63) is 278 Å². The van der Waals surface area contributed by atoms with Gasteiger partial charge >= 0.3 is 0 Å². The quantitative estimate of drug-likeness (QED) is 0.0284. The first-order chi connectivity index (χ1) is 63.7. The molecule has 16 bridgehead atoms. The molecule has 6 aromatic rings. The first-order valence-corrected chi connectivity index (χ1v) is 54.4. The van der Waals surface area contributed by atoms with Gasteiger partial charge in [-0.3, -0.25) is 0 Å². The van der Waals surface area contributed by atoms with Gasteiger partial charge in [-0.2, -0.15) is 0 Å². The van der Waals surface area contributed by atoms with E-state index >= 15 is 0 Å². The molecule has 24 atom stereocenters. The smallest absolute Gasteiger partial charge is 0.127 e. The van der Waals surface area contributed by atoms with Gasteiger partial charge in [-0.05, 0) is 324 Å². The Bertz CT molecular complexity index is 4370. The van der Waals surface area contributed by atoms with Gasteiger partial charge in [0.25, 0.3) is 0 Å². The average molecular weight is 1730 g/mol. The Balaban J connectivity index is 0.000000114. The van der Waals surface area contributed by atoms with Gasteiger partial charge in [-0.25, -0.2) is 0 Å². The predicted molar refractivity (Wildman–Crippen MR) is 550 cm³/mol. The van der Waals surface area contributed by atoms with Crippen molar-refractivity contribution in [1.82, 2.24) is 0 Å². The van der Waals surface area contributed by atoms with E-state index in [9.17, 15) is 0 Å². The summed E-state index contributed by atoms with van der Waals surface area (Å²) in [4.78, 5) is 0. The molecule has 694 valence electrons.